The summed E-state index contributed by atoms with van der Waals surface area (Å²) in [5.41, 5.74) is -0.0309. The van der Waals surface area contributed by atoms with Gasteiger partial charge in [0, 0.05) is 18.7 Å². The highest BCUT2D eigenvalue weighted by atomic mass is 32.2. The van der Waals surface area contributed by atoms with Gasteiger partial charge in [-0.15, -0.1) is 0 Å². The Bertz CT molecular complexity index is 659. The van der Waals surface area contributed by atoms with Crippen LogP contribution in [0.4, 0.5) is 11.4 Å². The fourth-order valence-electron chi connectivity index (χ4n) is 2.24. The minimum atomic E-state index is -3.98. The molecule has 0 aliphatic carbocycles. The maximum absolute atomic E-state index is 11.3. The van der Waals surface area contributed by atoms with E-state index in [1.165, 1.54) is 12.1 Å². The van der Waals surface area contributed by atoms with E-state index in [1.807, 2.05) is 14.1 Å². The molecule has 0 aromatic heterocycles. The third-order valence-corrected chi connectivity index (χ3v) is 4.41. The monoisotopic (exact) mass is 344 g/mol. The van der Waals surface area contributed by atoms with Gasteiger partial charge < -0.3 is 10.2 Å². The van der Waals surface area contributed by atoms with Crippen LogP contribution in [0.5, 0.6) is 0 Å². The highest BCUT2D eigenvalue weighted by molar-refractivity contribution is 7.89. The number of anilines is 1. The summed E-state index contributed by atoms with van der Waals surface area (Å²) in [7, 11) is -0.0734. The summed E-state index contributed by atoms with van der Waals surface area (Å²) < 4.78 is 22.6. The molecule has 0 amide bonds. The fraction of sp³-hybridized carbons (Fsp3) is 0.571. The predicted octanol–water partition coefficient (Wildman–Crippen LogP) is 1.63. The van der Waals surface area contributed by atoms with Gasteiger partial charge in [0.05, 0.1) is 9.82 Å². The number of nitro groups is 1. The van der Waals surface area contributed by atoms with Gasteiger partial charge in [-0.05, 0) is 38.6 Å². The van der Waals surface area contributed by atoms with Crippen molar-refractivity contribution in [2.45, 2.75) is 31.2 Å². The summed E-state index contributed by atoms with van der Waals surface area (Å²) in [5.74, 6) is 0.490. The van der Waals surface area contributed by atoms with Crippen molar-refractivity contribution in [1.29, 1.82) is 0 Å². The maximum atomic E-state index is 11.3. The summed E-state index contributed by atoms with van der Waals surface area (Å²) in [5, 5.41) is 19.2. The quantitative estimate of drug-likeness (QED) is 0.546. The summed E-state index contributed by atoms with van der Waals surface area (Å²) >= 11 is 0. The van der Waals surface area contributed by atoms with E-state index in [1.54, 1.807) is 0 Å². The number of likely N-dealkylation sites (N-methyl/N-ethyl adjacent to an activating group) is 1. The number of nitrogens with two attached hydrogens (primary N) is 1. The number of sulfonamides is 1. The molecule has 1 aromatic rings. The molecular formula is C14H24N4O4S. The third-order valence-electron chi connectivity index (χ3n) is 3.50. The van der Waals surface area contributed by atoms with Crippen molar-refractivity contribution in [2.75, 3.05) is 26.0 Å². The minimum absolute atomic E-state index is 0.201. The van der Waals surface area contributed by atoms with Gasteiger partial charge in [-0.25, -0.2) is 13.6 Å². The summed E-state index contributed by atoms with van der Waals surface area (Å²) in [6.07, 6.45) is 0.934. The molecule has 0 saturated heterocycles. The van der Waals surface area contributed by atoms with Gasteiger partial charge in [0.1, 0.15) is 5.69 Å². The zero-order valence-electron chi connectivity index (χ0n) is 13.8. The number of nitrogens with one attached hydrogen (secondary N) is 1. The molecule has 1 aromatic carbocycles. The Hall–Kier alpha value is -1.71. The van der Waals surface area contributed by atoms with Gasteiger partial charge in [-0.1, -0.05) is 13.8 Å². The van der Waals surface area contributed by atoms with E-state index in [2.05, 4.69) is 24.1 Å². The Morgan fingerprint density at radius 1 is 1.35 bits per heavy atom. The molecular weight excluding hydrogens is 320 g/mol. The van der Waals surface area contributed by atoms with E-state index in [-0.39, 0.29) is 22.3 Å². The molecule has 0 fully saturated rings. The highest BCUT2D eigenvalue weighted by Crippen LogP contribution is 2.27. The summed E-state index contributed by atoms with van der Waals surface area (Å²) in [4.78, 5) is 12.3. The molecule has 0 heterocycles. The molecule has 8 nitrogen and oxygen atoms in total. The van der Waals surface area contributed by atoms with Crippen LogP contribution in [0.2, 0.25) is 0 Å². The zero-order valence-corrected chi connectivity index (χ0v) is 14.6. The Kier molecular flexibility index (Phi) is 6.48. The first-order valence-corrected chi connectivity index (χ1v) is 8.78. The van der Waals surface area contributed by atoms with Crippen molar-refractivity contribution in [1.82, 2.24) is 4.90 Å². The average molecular weight is 344 g/mol. The van der Waals surface area contributed by atoms with Gasteiger partial charge in [-0.2, -0.15) is 0 Å². The molecule has 0 spiro atoms. The lowest BCUT2D eigenvalue weighted by atomic mass is 10.0. The van der Waals surface area contributed by atoms with E-state index in [4.69, 9.17) is 5.14 Å². The molecule has 0 saturated carbocycles. The first-order valence-electron chi connectivity index (χ1n) is 7.24. The van der Waals surface area contributed by atoms with E-state index >= 15 is 0 Å². The van der Waals surface area contributed by atoms with Crippen LogP contribution in [-0.2, 0) is 10.0 Å². The lowest BCUT2D eigenvalue weighted by Crippen LogP contribution is -2.35. The van der Waals surface area contributed by atoms with Gasteiger partial charge in [-0.3, -0.25) is 10.1 Å². The Balaban J connectivity index is 3.02. The third kappa shape index (κ3) is 5.77. The molecule has 0 bridgehead atoms. The number of hydrogen-bond donors (Lipinski definition) is 2. The first kappa shape index (κ1) is 19.3. The molecule has 1 rings (SSSR count). The molecule has 0 aliphatic rings. The first-order chi connectivity index (χ1) is 10.5. The number of nitrogens with zero attached hydrogens (tertiary/aromatic N) is 2. The van der Waals surface area contributed by atoms with Gasteiger partial charge >= 0.3 is 0 Å². The van der Waals surface area contributed by atoms with Crippen LogP contribution in [0.1, 0.15) is 20.3 Å². The van der Waals surface area contributed by atoms with Crippen molar-refractivity contribution in [3.8, 4) is 0 Å². The second-order valence-electron chi connectivity index (χ2n) is 6.11. The highest BCUT2D eigenvalue weighted by Gasteiger charge is 2.20. The van der Waals surface area contributed by atoms with Crippen LogP contribution in [0.25, 0.3) is 0 Å². The molecule has 130 valence electrons. The van der Waals surface area contributed by atoms with E-state index < -0.39 is 14.9 Å². The van der Waals surface area contributed by atoms with Crippen molar-refractivity contribution in [3.63, 3.8) is 0 Å². The number of benzene rings is 1. The standard InChI is InChI=1S/C14H24N4O4S/c1-10(2)7-11(17(3)4)9-16-13-6-5-12(23(15,21)22)8-14(13)18(19)20/h5-6,8,10-11,16H,7,9H2,1-4H3,(H2,15,21,22). The molecule has 1 unspecified atom stereocenters. The van der Waals surface area contributed by atoms with Crippen LogP contribution in [-0.4, -0.2) is 44.9 Å². The molecule has 3 N–H and O–H groups in total. The fourth-order valence-corrected chi connectivity index (χ4v) is 2.77. The topological polar surface area (TPSA) is 119 Å². The lowest BCUT2D eigenvalue weighted by molar-refractivity contribution is -0.384. The number of hydrogen-bond acceptors (Lipinski definition) is 6. The Morgan fingerprint density at radius 3 is 2.39 bits per heavy atom. The van der Waals surface area contributed by atoms with Crippen LogP contribution >= 0.6 is 0 Å². The van der Waals surface area contributed by atoms with E-state index in [0.29, 0.717) is 12.5 Å². The largest absolute Gasteiger partial charge is 0.378 e. The second kappa shape index (κ2) is 7.71. The molecule has 1 atom stereocenters. The van der Waals surface area contributed by atoms with Crippen molar-refractivity contribution < 1.29 is 13.3 Å². The smallest absolute Gasteiger partial charge is 0.293 e. The normalized spacial score (nSPS) is 13.3. The van der Waals surface area contributed by atoms with Crippen molar-refractivity contribution >= 4 is 21.4 Å². The number of rotatable bonds is 8. The average Bonchev–Trinajstić information content (AvgIpc) is 2.41. The Morgan fingerprint density at radius 2 is 1.96 bits per heavy atom. The Labute approximate surface area is 136 Å². The van der Waals surface area contributed by atoms with Crippen molar-refractivity contribution in [3.05, 3.63) is 28.3 Å². The predicted molar refractivity (Wildman–Crippen MR) is 89.9 cm³/mol. The van der Waals surface area contributed by atoms with Gasteiger partial charge in [0.15, 0.2) is 0 Å². The second-order valence-corrected chi connectivity index (χ2v) is 7.67. The summed E-state index contributed by atoms with van der Waals surface area (Å²) in [6, 6.07) is 3.82. The molecule has 9 heteroatoms. The zero-order chi connectivity index (χ0) is 17.8. The number of primary sulfonamides is 1. The summed E-state index contributed by atoms with van der Waals surface area (Å²) in [6.45, 7) is 4.74. The van der Waals surface area contributed by atoms with Gasteiger partial charge in [0.2, 0.25) is 10.0 Å². The lowest BCUT2D eigenvalue weighted by Gasteiger charge is -2.26. The van der Waals surface area contributed by atoms with Crippen molar-refractivity contribution in [2.24, 2.45) is 11.1 Å². The SMILES string of the molecule is CC(C)CC(CNc1ccc(S(N)(=O)=O)cc1[N+](=O)[O-])N(C)C. The van der Waals surface area contributed by atoms with E-state index in [9.17, 15) is 18.5 Å². The number of nitro benzene ring substituents is 1. The van der Waals surface area contributed by atoms with Crippen LogP contribution in [0, 0.1) is 16.0 Å². The van der Waals surface area contributed by atoms with Crippen LogP contribution in [0.3, 0.4) is 0 Å². The van der Waals surface area contributed by atoms with Crippen LogP contribution < -0.4 is 10.5 Å². The minimum Gasteiger partial charge on any atom is -0.378 e. The van der Waals surface area contributed by atoms with E-state index in [0.717, 1.165) is 12.5 Å². The molecule has 23 heavy (non-hydrogen) atoms. The molecule has 0 aliphatic heterocycles. The molecule has 0 radical (unpaired) electrons. The maximum Gasteiger partial charge on any atom is 0.293 e. The van der Waals surface area contributed by atoms with Gasteiger partial charge in [0.25, 0.3) is 5.69 Å². The van der Waals surface area contributed by atoms with Crippen LogP contribution in [0.15, 0.2) is 23.1 Å².